The average molecular weight is 347 g/mol. The topological polar surface area (TPSA) is 80.4 Å². The lowest BCUT2D eigenvalue weighted by molar-refractivity contribution is 0.415. The van der Waals surface area contributed by atoms with Crippen molar-refractivity contribution in [2.45, 2.75) is 6.92 Å². The Morgan fingerprint density at radius 1 is 1.08 bits per heavy atom. The number of phenols is 1. The van der Waals surface area contributed by atoms with Crippen LogP contribution >= 0.6 is 0 Å². The first-order chi connectivity index (χ1) is 12.7. The van der Waals surface area contributed by atoms with Crippen LogP contribution in [0.1, 0.15) is 5.56 Å². The van der Waals surface area contributed by atoms with Crippen LogP contribution in [0.15, 0.2) is 59.3 Å². The van der Waals surface area contributed by atoms with Gasteiger partial charge in [0.05, 0.1) is 12.5 Å². The van der Waals surface area contributed by atoms with E-state index in [1.165, 1.54) is 6.33 Å². The second-order valence-electron chi connectivity index (χ2n) is 5.86. The molecule has 6 nitrogen and oxygen atoms in total. The highest BCUT2D eigenvalue weighted by molar-refractivity contribution is 5.94. The minimum atomic E-state index is 0.211. The van der Waals surface area contributed by atoms with E-state index >= 15 is 0 Å². The van der Waals surface area contributed by atoms with Crippen LogP contribution in [0.25, 0.3) is 22.4 Å². The number of aromatic hydroxyl groups is 1. The molecule has 0 fully saturated rings. The molecule has 0 aliphatic rings. The molecular formula is C20H17N3O3. The normalized spacial score (nSPS) is 10.8. The molecule has 2 aromatic carbocycles. The summed E-state index contributed by atoms with van der Waals surface area (Å²) in [5.41, 5.74) is 3.16. The number of methoxy groups -OCH3 is 1. The van der Waals surface area contributed by atoms with Gasteiger partial charge in [-0.05, 0) is 43.3 Å². The van der Waals surface area contributed by atoms with Crippen molar-refractivity contribution in [1.29, 1.82) is 0 Å². The second-order valence-corrected chi connectivity index (χ2v) is 5.86. The molecule has 4 rings (SSSR count). The second kappa shape index (κ2) is 6.40. The van der Waals surface area contributed by atoms with Gasteiger partial charge in [-0.1, -0.05) is 6.07 Å². The maximum absolute atomic E-state index is 9.49. The summed E-state index contributed by atoms with van der Waals surface area (Å²) in [6, 6.07) is 14.5. The van der Waals surface area contributed by atoms with Crippen LogP contribution in [0.5, 0.6) is 11.5 Å². The summed E-state index contributed by atoms with van der Waals surface area (Å²) >= 11 is 0. The Hall–Kier alpha value is -3.54. The smallest absolute Gasteiger partial charge is 0.232 e. The number of benzene rings is 2. The van der Waals surface area contributed by atoms with Crippen molar-refractivity contribution in [3.63, 3.8) is 0 Å². The van der Waals surface area contributed by atoms with E-state index in [9.17, 15) is 5.11 Å². The molecule has 0 aliphatic carbocycles. The summed E-state index contributed by atoms with van der Waals surface area (Å²) in [7, 11) is 1.63. The molecule has 0 bridgehead atoms. The van der Waals surface area contributed by atoms with Crippen molar-refractivity contribution in [1.82, 2.24) is 9.97 Å². The molecule has 0 atom stereocenters. The van der Waals surface area contributed by atoms with E-state index in [0.29, 0.717) is 17.3 Å². The minimum absolute atomic E-state index is 0.211. The van der Waals surface area contributed by atoms with Crippen LogP contribution < -0.4 is 10.1 Å². The SMILES string of the molecule is COc1cccc(Nc2ncnc3oc(-c4ccc(O)cc4)c(C)c23)c1. The number of rotatable bonds is 4. The zero-order chi connectivity index (χ0) is 18.1. The number of phenolic OH excluding ortho intramolecular Hbond substituents is 1. The molecule has 0 aliphatic heterocycles. The van der Waals surface area contributed by atoms with Crippen LogP contribution in [0.2, 0.25) is 0 Å². The quantitative estimate of drug-likeness (QED) is 0.559. The highest BCUT2D eigenvalue weighted by Crippen LogP contribution is 2.36. The van der Waals surface area contributed by atoms with E-state index in [1.807, 2.05) is 43.3 Å². The molecule has 0 saturated heterocycles. The summed E-state index contributed by atoms with van der Waals surface area (Å²) in [6.07, 6.45) is 1.47. The molecule has 0 amide bonds. The predicted molar refractivity (Wildman–Crippen MR) is 99.9 cm³/mol. The van der Waals surface area contributed by atoms with E-state index in [1.54, 1.807) is 19.2 Å². The molecule has 0 saturated carbocycles. The number of nitrogens with zero attached hydrogens (tertiary/aromatic N) is 2. The predicted octanol–water partition coefficient (Wildman–Crippen LogP) is 4.66. The largest absolute Gasteiger partial charge is 0.508 e. The molecular weight excluding hydrogens is 330 g/mol. The average Bonchev–Trinajstić information content (AvgIpc) is 3.00. The highest BCUT2D eigenvalue weighted by atomic mass is 16.5. The minimum Gasteiger partial charge on any atom is -0.508 e. The Kier molecular flexibility index (Phi) is 3.93. The number of hydrogen-bond acceptors (Lipinski definition) is 6. The maximum atomic E-state index is 9.49. The van der Waals surface area contributed by atoms with Gasteiger partial charge in [-0.25, -0.2) is 9.97 Å². The number of fused-ring (bicyclic) bond motifs is 1. The number of furan rings is 1. The monoisotopic (exact) mass is 347 g/mol. The summed E-state index contributed by atoms with van der Waals surface area (Å²) in [6.45, 7) is 1.97. The Labute approximate surface area is 150 Å². The van der Waals surface area contributed by atoms with Crippen LogP contribution in [0.4, 0.5) is 11.5 Å². The fourth-order valence-corrected chi connectivity index (χ4v) is 2.89. The van der Waals surface area contributed by atoms with Gasteiger partial charge in [0.1, 0.15) is 29.4 Å². The van der Waals surface area contributed by atoms with E-state index < -0.39 is 0 Å². The molecule has 2 aromatic heterocycles. The van der Waals surface area contributed by atoms with Gasteiger partial charge >= 0.3 is 0 Å². The van der Waals surface area contributed by atoms with Crippen molar-refractivity contribution in [3.8, 4) is 22.8 Å². The Morgan fingerprint density at radius 2 is 1.88 bits per heavy atom. The zero-order valence-corrected chi connectivity index (χ0v) is 14.4. The first kappa shape index (κ1) is 16.0. The molecule has 130 valence electrons. The van der Waals surface area contributed by atoms with Crippen molar-refractivity contribution < 1.29 is 14.3 Å². The van der Waals surface area contributed by atoms with Gasteiger partial charge in [0.2, 0.25) is 5.71 Å². The van der Waals surface area contributed by atoms with E-state index in [-0.39, 0.29) is 5.75 Å². The van der Waals surface area contributed by atoms with Crippen molar-refractivity contribution in [2.24, 2.45) is 0 Å². The van der Waals surface area contributed by atoms with Crippen LogP contribution in [0.3, 0.4) is 0 Å². The van der Waals surface area contributed by atoms with Crippen LogP contribution in [-0.2, 0) is 0 Å². The summed E-state index contributed by atoms with van der Waals surface area (Å²) in [5.74, 6) is 2.33. The van der Waals surface area contributed by atoms with Crippen molar-refractivity contribution in [3.05, 3.63) is 60.4 Å². The fraction of sp³-hybridized carbons (Fsp3) is 0.100. The number of aromatic nitrogens is 2. The summed E-state index contributed by atoms with van der Waals surface area (Å²) in [4.78, 5) is 8.63. The zero-order valence-electron chi connectivity index (χ0n) is 14.4. The molecule has 4 aromatic rings. The molecule has 2 heterocycles. The van der Waals surface area contributed by atoms with Gasteiger partial charge in [-0.3, -0.25) is 0 Å². The third-order valence-electron chi connectivity index (χ3n) is 4.19. The third-order valence-corrected chi connectivity index (χ3v) is 4.19. The number of aryl methyl sites for hydroxylation is 1. The van der Waals surface area contributed by atoms with Gasteiger partial charge in [-0.2, -0.15) is 0 Å². The van der Waals surface area contributed by atoms with E-state index in [0.717, 1.165) is 28.0 Å². The third kappa shape index (κ3) is 2.82. The van der Waals surface area contributed by atoms with Crippen LogP contribution in [0, 0.1) is 6.92 Å². The lowest BCUT2D eigenvalue weighted by Gasteiger charge is -2.08. The molecule has 0 spiro atoms. The van der Waals surface area contributed by atoms with E-state index in [2.05, 4.69) is 15.3 Å². The highest BCUT2D eigenvalue weighted by Gasteiger charge is 2.17. The lowest BCUT2D eigenvalue weighted by Crippen LogP contribution is -1.96. The van der Waals surface area contributed by atoms with Gasteiger partial charge in [-0.15, -0.1) is 0 Å². The lowest BCUT2D eigenvalue weighted by atomic mass is 10.1. The van der Waals surface area contributed by atoms with Gasteiger partial charge in [0.15, 0.2) is 0 Å². The molecule has 0 unspecified atom stereocenters. The molecule has 2 N–H and O–H groups in total. The van der Waals surface area contributed by atoms with Gasteiger partial charge < -0.3 is 19.6 Å². The van der Waals surface area contributed by atoms with Gasteiger partial charge in [0.25, 0.3) is 0 Å². The first-order valence-corrected chi connectivity index (χ1v) is 8.10. The molecule has 0 radical (unpaired) electrons. The Bertz CT molecular complexity index is 1070. The van der Waals surface area contributed by atoms with Crippen molar-refractivity contribution in [2.75, 3.05) is 12.4 Å². The number of hydrogen-bond donors (Lipinski definition) is 2. The molecule has 6 heteroatoms. The van der Waals surface area contributed by atoms with Crippen LogP contribution in [-0.4, -0.2) is 22.2 Å². The Balaban J connectivity index is 1.80. The fourth-order valence-electron chi connectivity index (χ4n) is 2.89. The van der Waals surface area contributed by atoms with Crippen molar-refractivity contribution >= 4 is 22.6 Å². The standard InChI is InChI=1S/C20H17N3O3/c1-12-17-19(23-14-4-3-5-16(10-14)25-2)21-11-22-20(17)26-18(12)13-6-8-15(24)9-7-13/h3-11,24H,1-2H3,(H,21,22,23). The maximum Gasteiger partial charge on any atom is 0.232 e. The first-order valence-electron chi connectivity index (χ1n) is 8.10. The number of nitrogens with one attached hydrogen (secondary N) is 1. The van der Waals surface area contributed by atoms with E-state index in [4.69, 9.17) is 9.15 Å². The van der Waals surface area contributed by atoms with Gasteiger partial charge in [0, 0.05) is 22.9 Å². The Morgan fingerprint density at radius 3 is 2.65 bits per heavy atom. The number of anilines is 2. The number of ether oxygens (including phenoxy) is 1. The summed E-state index contributed by atoms with van der Waals surface area (Å²) in [5, 5.41) is 13.6. The summed E-state index contributed by atoms with van der Waals surface area (Å²) < 4.78 is 11.2. The molecule has 26 heavy (non-hydrogen) atoms.